The number of nitrogens with zero attached hydrogens (tertiary/aromatic N) is 6. The SMILES string of the molecule is N#Cc1c(-n2c3c(c4ccccc42)C=CCC3)c(-n2c3ccccc3c3ccc(C(F)(F)F)cc32)c(-n2c3ccccc3c3ccccc32)c(-n2c3ccccc3c3ccc(C(F)(F)F)cc32)c1-n1c2ccccc2c2ccccc21. The van der Waals surface area contributed by atoms with Gasteiger partial charge in [-0.2, -0.15) is 31.6 Å². The van der Waals surface area contributed by atoms with Gasteiger partial charge < -0.3 is 22.8 Å². The van der Waals surface area contributed by atoms with Crippen LogP contribution in [0, 0.1) is 11.3 Å². The van der Waals surface area contributed by atoms with Crippen molar-refractivity contribution in [2.75, 3.05) is 0 Å². The summed E-state index contributed by atoms with van der Waals surface area (Å²) >= 11 is 0. The summed E-state index contributed by atoms with van der Waals surface area (Å²) in [4.78, 5) is 0. The summed E-state index contributed by atoms with van der Waals surface area (Å²) in [6, 6.07) is 65.0. The number of halogens is 6. The molecule has 0 fully saturated rings. The Morgan fingerprint density at radius 1 is 0.333 bits per heavy atom. The van der Waals surface area contributed by atoms with Crippen molar-refractivity contribution in [1.82, 2.24) is 22.8 Å². The number of hydrogen-bond donors (Lipinski definition) is 0. The number of nitriles is 1. The summed E-state index contributed by atoms with van der Waals surface area (Å²) in [7, 11) is 0. The Hall–Kier alpha value is -10.3. The van der Waals surface area contributed by atoms with E-state index in [-0.39, 0.29) is 16.6 Å². The highest BCUT2D eigenvalue weighted by molar-refractivity contribution is 6.17. The third-order valence-corrected chi connectivity index (χ3v) is 16.6. The second kappa shape index (κ2) is 16.9. The fourth-order valence-electron chi connectivity index (χ4n) is 13.4. The molecule has 0 unspecified atom stereocenters. The number of aromatic nitrogens is 5. The van der Waals surface area contributed by atoms with E-state index >= 15 is 26.3 Å². The molecule has 12 heteroatoms. The topological polar surface area (TPSA) is 48.4 Å². The van der Waals surface area contributed by atoms with E-state index in [1.807, 2.05) is 173 Å². The molecule has 16 rings (SSSR count). The minimum Gasteiger partial charge on any atom is -0.310 e. The van der Waals surface area contributed by atoms with Crippen molar-refractivity contribution in [3.8, 4) is 34.5 Å². The van der Waals surface area contributed by atoms with Crippen LogP contribution in [0.4, 0.5) is 26.3 Å². The first kappa shape index (κ1) is 46.8. The Morgan fingerprint density at radius 2 is 0.630 bits per heavy atom. The van der Waals surface area contributed by atoms with Gasteiger partial charge in [0.15, 0.2) is 0 Å². The van der Waals surface area contributed by atoms with Crippen molar-refractivity contribution >= 4 is 104 Å². The average Bonchev–Trinajstić information content (AvgIpc) is 3.72. The van der Waals surface area contributed by atoms with Gasteiger partial charge in [0.05, 0.1) is 89.2 Å². The highest BCUT2D eigenvalue weighted by Crippen LogP contribution is 2.52. The molecule has 0 radical (unpaired) electrons. The lowest BCUT2D eigenvalue weighted by Gasteiger charge is -2.30. The van der Waals surface area contributed by atoms with Crippen molar-refractivity contribution in [3.63, 3.8) is 0 Å². The Balaban J connectivity index is 1.30. The first-order valence-corrected chi connectivity index (χ1v) is 26.6. The summed E-state index contributed by atoms with van der Waals surface area (Å²) in [5.74, 6) is 0. The second-order valence-corrected chi connectivity index (χ2v) is 20.8. The molecular weight excluding hydrogens is 1030 g/mol. The average molecular weight is 1070 g/mol. The third-order valence-electron chi connectivity index (χ3n) is 16.6. The van der Waals surface area contributed by atoms with Gasteiger partial charge in [0.1, 0.15) is 11.6 Å². The standard InChI is InChI=1S/C69H40F6N6/c70-68(71,72)40-33-35-50-48-23-7-15-31-59(48)80(61(50)37-40)65-63(77-53-25-9-1-17-42(53)43-18-2-10-26-54(43)77)52(39-76)64(78-55-27-11-3-19-44(55)45-20-4-12-28-56(45)78)66(67(65)79-57-29-13-5-21-46(57)47-22-6-14-30-58(47)79)81-60-32-16-8-24-49(60)51-36-34-41(38-62(51)81)69(73,74)75/h1-11,13-27,29-38H,12,28H2. The van der Waals surface area contributed by atoms with Crippen molar-refractivity contribution < 1.29 is 26.3 Å². The van der Waals surface area contributed by atoms with Crippen LogP contribution in [-0.2, 0) is 18.8 Å². The first-order chi connectivity index (χ1) is 39.5. The van der Waals surface area contributed by atoms with E-state index in [4.69, 9.17) is 0 Å². The fourth-order valence-corrected chi connectivity index (χ4v) is 13.4. The molecule has 81 heavy (non-hydrogen) atoms. The summed E-state index contributed by atoms with van der Waals surface area (Å²) in [6.45, 7) is 0. The molecule has 0 amide bonds. The maximum atomic E-state index is 15.5. The van der Waals surface area contributed by atoms with Crippen LogP contribution in [-0.4, -0.2) is 22.8 Å². The fraction of sp³-hybridized carbons (Fsp3) is 0.0580. The number of hydrogen-bond acceptors (Lipinski definition) is 1. The Bertz CT molecular complexity index is 5190. The summed E-state index contributed by atoms with van der Waals surface area (Å²) in [5, 5.41) is 19.6. The Labute approximate surface area is 456 Å². The third kappa shape index (κ3) is 6.51. The Morgan fingerprint density at radius 3 is 1.00 bits per heavy atom. The number of allylic oxidation sites excluding steroid dienone is 1. The van der Waals surface area contributed by atoms with Gasteiger partial charge in [-0.05, 0) is 79.6 Å². The zero-order valence-corrected chi connectivity index (χ0v) is 42.6. The van der Waals surface area contributed by atoms with E-state index in [9.17, 15) is 5.26 Å². The summed E-state index contributed by atoms with van der Waals surface area (Å²) in [6.07, 6.45) is -4.10. The van der Waals surface area contributed by atoms with Crippen LogP contribution in [0.1, 0.15) is 34.4 Å². The van der Waals surface area contributed by atoms with Crippen molar-refractivity contribution in [2.24, 2.45) is 0 Å². The van der Waals surface area contributed by atoms with E-state index in [2.05, 4.69) is 38.0 Å². The number of alkyl halides is 6. The summed E-state index contributed by atoms with van der Waals surface area (Å²) < 4.78 is 103. The predicted molar refractivity (Wildman–Crippen MR) is 313 cm³/mol. The van der Waals surface area contributed by atoms with E-state index in [0.29, 0.717) is 95.9 Å². The molecule has 15 aromatic rings. The molecule has 0 bridgehead atoms. The van der Waals surface area contributed by atoms with E-state index < -0.39 is 23.5 Å². The van der Waals surface area contributed by atoms with Crippen LogP contribution in [0.5, 0.6) is 0 Å². The van der Waals surface area contributed by atoms with Gasteiger partial charge in [0.25, 0.3) is 0 Å². The lowest BCUT2D eigenvalue weighted by atomic mass is 9.99. The maximum Gasteiger partial charge on any atom is 0.416 e. The molecule has 0 spiro atoms. The van der Waals surface area contributed by atoms with E-state index in [0.717, 1.165) is 55.8 Å². The molecule has 5 aromatic heterocycles. The second-order valence-electron chi connectivity index (χ2n) is 20.8. The molecule has 0 saturated carbocycles. The van der Waals surface area contributed by atoms with Crippen molar-refractivity contribution in [2.45, 2.75) is 25.2 Å². The zero-order valence-electron chi connectivity index (χ0n) is 42.6. The highest BCUT2D eigenvalue weighted by atomic mass is 19.4. The molecule has 10 aromatic carbocycles. The number of para-hydroxylation sites is 7. The molecule has 0 aliphatic heterocycles. The van der Waals surface area contributed by atoms with Gasteiger partial charge in [-0.25, -0.2) is 0 Å². The molecular formula is C69H40F6N6. The molecule has 388 valence electrons. The first-order valence-electron chi connectivity index (χ1n) is 26.6. The largest absolute Gasteiger partial charge is 0.416 e. The van der Waals surface area contributed by atoms with E-state index in [1.54, 1.807) is 0 Å². The van der Waals surface area contributed by atoms with Gasteiger partial charge in [-0.15, -0.1) is 0 Å². The normalized spacial score (nSPS) is 13.1. The quantitative estimate of drug-likeness (QED) is 0.158. The van der Waals surface area contributed by atoms with Crippen LogP contribution in [0.3, 0.4) is 0 Å². The van der Waals surface area contributed by atoms with E-state index in [1.165, 1.54) is 24.3 Å². The lowest BCUT2D eigenvalue weighted by molar-refractivity contribution is -0.138. The molecule has 0 N–H and O–H groups in total. The molecule has 0 atom stereocenters. The van der Waals surface area contributed by atoms with Crippen LogP contribution in [0.15, 0.2) is 212 Å². The van der Waals surface area contributed by atoms with Gasteiger partial charge >= 0.3 is 12.4 Å². The lowest BCUT2D eigenvalue weighted by Crippen LogP contribution is -2.20. The van der Waals surface area contributed by atoms with Crippen LogP contribution in [0.2, 0.25) is 0 Å². The predicted octanol–water partition coefficient (Wildman–Crippen LogP) is 18.9. The van der Waals surface area contributed by atoms with Crippen LogP contribution >= 0.6 is 0 Å². The maximum absolute atomic E-state index is 15.5. The van der Waals surface area contributed by atoms with Crippen LogP contribution in [0.25, 0.3) is 133 Å². The Kier molecular flexibility index (Phi) is 9.76. The van der Waals surface area contributed by atoms with Gasteiger partial charge in [-0.3, -0.25) is 0 Å². The smallest absolute Gasteiger partial charge is 0.310 e. The van der Waals surface area contributed by atoms with Gasteiger partial charge in [0, 0.05) is 59.7 Å². The van der Waals surface area contributed by atoms with Crippen molar-refractivity contribution in [1.29, 1.82) is 5.26 Å². The minimum atomic E-state index is -4.77. The monoisotopic (exact) mass is 1070 g/mol. The number of rotatable bonds is 5. The molecule has 5 heterocycles. The highest BCUT2D eigenvalue weighted by Gasteiger charge is 2.39. The summed E-state index contributed by atoms with van der Waals surface area (Å²) in [5.41, 5.74) is 7.06. The van der Waals surface area contributed by atoms with Crippen molar-refractivity contribution in [3.05, 3.63) is 240 Å². The molecule has 0 saturated heterocycles. The molecule has 1 aliphatic carbocycles. The van der Waals surface area contributed by atoms with Crippen LogP contribution < -0.4 is 0 Å². The number of benzene rings is 10. The van der Waals surface area contributed by atoms with Gasteiger partial charge in [0.2, 0.25) is 0 Å². The number of fused-ring (bicyclic) bond motifs is 15. The molecule has 6 nitrogen and oxygen atoms in total. The minimum absolute atomic E-state index is 0.130. The zero-order chi connectivity index (χ0) is 54.6. The molecule has 1 aliphatic rings. The van der Waals surface area contributed by atoms with Gasteiger partial charge in [-0.1, -0.05) is 152 Å².